The maximum Gasteiger partial charge on any atom is 0.469 e. The van der Waals surface area contributed by atoms with Gasteiger partial charge in [-0.1, -0.05) is 147 Å². The minimum atomic E-state index is -4.76. The lowest BCUT2D eigenvalue weighted by molar-refractivity contribution is -0.161. The SMILES string of the molecule is CCCCC/C=C/C/C=C/CCCCCCCC(=O)O[C@H](COC(=O)CCCCCCCCC/C=C/CCCCCCCC)COP(=O)(O)O. The molecule has 0 unspecified atom stereocenters. The molecule has 0 aromatic heterocycles. The molecule has 0 heterocycles. The number of allylic oxidation sites excluding steroid dienone is 6. The Hall–Kier alpha value is -1.73. The predicted octanol–water partition coefficient (Wildman–Crippen LogP) is 12.2. The van der Waals surface area contributed by atoms with Gasteiger partial charge in [-0.05, 0) is 70.6 Å². The number of carbonyl (C=O) groups is 2. The monoisotopic (exact) mass is 727 g/mol. The molecule has 0 saturated carbocycles. The third-order valence-corrected chi connectivity index (χ3v) is 9.12. The van der Waals surface area contributed by atoms with Gasteiger partial charge in [-0.15, -0.1) is 0 Å². The number of hydrogen-bond donors (Lipinski definition) is 2. The highest BCUT2D eigenvalue weighted by Gasteiger charge is 2.22. The second-order valence-electron chi connectivity index (χ2n) is 13.6. The summed E-state index contributed by atoms with van der Waals surface area (Å²) in [5.41, 5.74) is 0. The molecule has 0 bridgehead atoms. The van der Waals surface area contributed by atoms with Crippen LogP contribution in [-0.4, -0.2) is 41.0 Å². The van der Waals surface area contributed by atoms with Crippen molar-refractivity contribution >= 4 is 19.8 Å². The molecule has 0 aromatic rings. The summed E-state index contributed by atoms with van der Waals surface area (Å²) < 4.78 is 26.3. The summed E-state index contributed by atoms with van der Waals surface area (Å²) in [6.45, 7) is 3.64. The maximum absolute atomic E-state index is 12.4. The summed E-state index contributed by atoms with van der Waals surface area (Å²) in [5, 5.41) is 0. The Morgan fingerprint density at radius 1 is 0.520 bits per heavy atom. The fraction of sp³-hybridized carbons (Fsp3) is 0.805. The van der Waals surface area contributed by atoms with Crippen molar-refractivity contribution in [3.63, 3.8) is 0 Å². The van der Waals surface area contributed by atoms with E-state index in [9.17, 15) is 14.2 Å². The van der Waals surface area contributed by atoms with Gasteiger partial charge in [0.25, 0.3) is 0 Å². The standard InChI is InChI=1S/C41H75O8P/c1-3-5-7-9-11-13-15-17-19-20-22-23-25-27-29-31-33-35-40(42)47-37-39(38-48-50(44,45)46)49-41(43)36-34-32-30-28-26-24-21-18-16-14-12-10-8-6-4-2/h12,14,17-19,21,39H,3-11,13,15-16,20,22-38H2,1-2H3,(H2,44,45,46)/b14-12+,19-17+,21-18+/t39-/m1/s1. The highest BCUT2D eigenvalue weighted by atomic mass is 31.2. The van der Waals surface area contributed by atoms with E-state index in [2.05, 4.69) is 54.8 Å². The van der Waals surface area contributed by atoms with Gasteiger partial charge in [0, 0.05) is 12.8 Å². The van der Waals surface area contributed by atoms with Crippen molar-refractivity contribution in [1.29, 1.82) is 0 Å². The van der Waals surface area contributed by atoms with Crippen LogP contribution in [0.25, 0.3) is 0 Å². The predicted molar refractivity (Wildman–Crippen MR) is 207 cm³/mol. The average Bonchev–Trinajstić information content (AvgIpc) is 3.08. The number of carbonyl (C=O) groups excluding carboxylic acids is 2. The second-order valence-corrected chi connectivity index (χ2v) is 14.8. The first kappa shape index (κ1) is 48.3. The number of unbranched alkanes of at least 4 members (excludes halogenated alkanes) is 21. The van der Waals surface area contributed by atoms with Crippen molar-refractivity contribution in [2.75, 3.05) is 13.2 Å². The Kier molecular flexibility index (Phi) is 35.8. The van der Waals surface area contributed by atoms with Crippen LogP contribution in [0.1, 0.15) is 194 Å². The van der Waals surface area contributed by atoms with Gasteiger partial charge in [0.2, 0.25) is 0 Å². The Balaban J connectivity index is 3.95. The molecule has 292 valence electrons. The fourth-order valence-corrected chi connectivity index (χ4v) is 5.93. The molecule has 9 heteroatoms. The topological polar surface area (TPSA) is 119 Å². The van der Waals surface area contributed by atoms with Crippen molar-refractivity contribution in [2.45, 2.75) is 200 Å². The molecule has 0 rings (SSSR count). The van der Waals surface area contributed by atoms with Crippen molar-refractivity contribution < 1.29 is 37.9 Å². The molecule has 0 amide bonds. The quantitative estimate of drug-likeness (QED) is 0.0281. The molecule has 0 aromatic carbocycles. The third kappa shape index (κ3) is 39.1. The van der Waals surface area contributed by atoms with Crippen LogP contribution in [-0.2, 0) is 28.2 Å². The smallest absolute Gasteiger partial charge is 0.462 e. The largest absolute Gasteiger partial charge is 0.469 e. The van der Waals surface area contributed by atoms with E-state index in [4.69, 9.17) is 19.3 Å². The van der Waals surface area contributed by atoms with E-state index in [-0.39, 0.29) is 19.4 Å². The first-order valence-corrected chi connectivity index (χ1v) is 21.8. The number of esters is 2. The molecule has 2 N–H and O–H groups in total. The number of ether oxygens (including phenoxy) is 2. The molecule has 8 nitrogen and oxygen atoms in total. The summed E-state index contributed by atoms with van der Waals surface area (Å²) >= 11 is 0. The van der Waals surface area contributed by atoms with E-state index in [0.717, 1.165) is 70.6 Å². The van der Waals surface area contributed by atoms with Crippen molar-refractivity contribution in [2.24, 2.45) is 0 Å². The van der Waals surface area contributed by atoms with Gasteiger partial charge in [-0.2, -0.15) is 0 Å². The number of phosphoric ester groups is 1. The van der Waals surface area contributed by atoms with E-state index in [1.165, 1.54) is 89.9 Å². The molecule has 0 radical (unpaired) electrons. The zero-order chi connectivity index (χ0) is 36.8. The van der Waals surface area contributed by atoms with E-state index >= 15 is 0 Å². The van der Waals surface area contributed by atoms with E-state index in [1.54, 1.807) is 0 Å². The van der Waals surface area contributed by atoms with Crippen LogP contribution < -0.4 is 0 Å². The van der Waals surface area contributed by atoms with Gasteiger partial charge in [-0.3, -0.25) is 14.1 Å². The minimum absolute atomic E-state index is 0.195. The van der Waals surface area contributed by atoms with Gasteiger partial charge in [0.15, 0.2) is 6.10 Å². The van der Waals surface area contributed by atoms with Gasteiger partial charge in [-0.25, -0.2) is 4.57 Å². The first-order valence-electron chi connectivity index (χ1n) is 20.3. The van der Waals surface area contributed by atoms with E-state index < -0.39 is 32.5 Å². The molecule has 0 aliphatic rings. The zero-order valence-corrected chi connectivity index (χ0v) is 32.9. The molecule has 0 saturated heterocycles. The molecule has 0 aliphatic heterocycles. The number of hydrogen-bond acceptors (Lipinski definition) is 6. The lowest BCUT2D eigenvalue weighted by Crippen LogP contribution is -2.29. The highest BCUT2D eigenvalue weighted by molar-refractivity contribution is 7.46. The molecule has 50 heavy (non-hydrogen) atoms. The van der Waals surface area contributed by atoms with Gasteiger partial charge in [0.05, 0.1) is 6.61 Å². The average molecular weight is 727 g/mol. The third-order valence-electron chi connectivity index (χ3n) is 8.63. The van der Waals surface area contributed by atoms with E-state index in [1.807, 2.05) is 0 Å². The number of rotatable bonds is 37. The van der Waals surface area contributed by atoms with Crippen LogP contribution in [0.3, 0.4) is 0 Å². The second kappa shape index (κ2) is 37.0. The highest BCUT2D eigenvalue weighted by Crippen LogP contribution is 2.36. The van der Waals surface area contributed by atoms with Crippen LogP contribution in [0.5, 0.6) is 0 Å². The Bertz CT molecular complexity index is 910. The normalized spacial score (nSPS) is 12.8. The Labute approximate surface area is 306 Å². The summed E-state index contributed by atoms with van der Waals surface area (Å²) in [4.78, 5) is 42.8. The Morgan fingerprint density at radius 2 is 0.900 bits per heavy atom. The van der Waals surface area contributed by atoms with Crippen molar-refractivity contribution in [1.82, 2.24) is 0 Å². The maximum atomic E-state index is 12.4. The van der Waals surface area contributed by atoms with Crippen LogP contribution in [0.15, 0.2) is 36.5 Å². The summed E-state index contributed by atoms with van der Waals surface area (Å²) in [6, 6.07) is 0. The van der Waals surface area contributed by atoms with Crippen LogP contribution in [0.4, 0.5) is 0 Å². The number of phosphoric acid groups is 1. The molecular weight excluding hydrogens is 651 g/mol. The minimum Gasteiger partial charge on any atom is -0.462 e. The van der Waals surface area contributed by atoms with Gasteiger partial charge in [0.1, 0.15) is 6.61 Å². The van der Waals surface area contributed by atoms with Crippen molar-refractivity contribution in [3.8, 4) is 0 Å². The van der Waals surface area contributed by atoms with Crippen molar-refractivity contribution in [3.05, 3.63) is 36.5 Å². The van der Waals surface area contributed by atoms with Crippen LogP contribution in [0, 0.1) is 0 Å². The van der Waals surface area contributed by atoms with E-state index in [0.29, 0.717) is 6.42 Å². The summed E-state index contributed by atoms with van der Waals surface area (Å²) in [7, 11) is -4.76. The van der Waals surface area contributed by atoms with Crippen LogP contribution >= 0.6 is 7.82 Å². The first-order chi connectivity index (χ1) is 24.3. The molecular formula is C41H75O8P. The summed E-state index contributed by atoms with van der Waals surface area (Å²) in [5.74, 6) is -0.904. The fourth-order valence-electron chi connectivity index (χ4n) is 5.57. The van der Waals surface area contributed by atoms with Gasteiger partial charge < -0.3 is 19.3 Å². The summed E-state index contributed by atoms with van der Waals surface area (Å²) in [6.07, 6.45) is 42.9. The lowest BCUT2D eigenvalue weighted by atomic mass is 10.1. The zero-order valence-electron chi connectivity index (χ0n) is 32.0. The Morgan fingerprint density at radius 3 is 1.38 bits per heavy atom. The molecule has 0 aliphatic carbocycles. The molecule has 0 spiro atoms. The molecule has 1 atom stereocenters. The van der Waals surface area contributed by atoms with Gasteiger partial charge >= 0.3 is 19.8 Å². The molecule has 0 fully saturated rings. The lowest BCUT2D eigenvalue weighted by Gasteiger charge is -2.18. The van der Waals surface area contributed by atoms with Crippen LogP contribution in [0.2, 0.25) is 0 Å².